The minimum atomic E-state index is -1.11. The smallest absolute Gasteiger partial charge is 0.337 e. The van der Waals surface area contributed by atoms with Gasteiger partial charge >= 0.3 is 5.97 Å². The first kappa shape index (κ1) is 21.8. The molecule has 1 saturated carbocycles. The van der Waals surface area contributed by atoms with Gasteiger partial charge in [-0.3, -0.25) is 0 Å². The number of hydrogen-bond donors (Lipinski definition) is 1. The van der Waals surface area contributed by atoms with Gasteiger partial charge in [0.15, 0.2) is 0 Å². The summed E-state index contributed by atoms with van der Waals surface area (Å²) in [4.78, 5) is 12.4. The number of esters is 1. The summed E-state index contributed by atoms with van der Waals surface area (Å²) in [6, 6.07) is 13.9. The van der Waals surface area contributed by atoms with Crippen molar-refractivity contribution in [2.24, 2.45) is 0 Å². The second-order valence-corrected chi connectivity index (χ2v) is 9.41. The number of aliphatic hydroxyl groups is 1. The molecule has 172 valence electrons. The van der Waals surface area contributed by atoms with E-state index in [9.17, 15) is 9.90 Å². The van der Waals surface area contributed by atoms with Gasteiger partial charge < -0.3 is 19.1 Å². The number of hydrogen-bond acceptors (Lipinski definition) is 4. The Labute approximate surface area is 194 Å². The first-order valence-corrected chi connectivity index (χ1v) is 11.8. The van der Waals surface area contributed by atoms with Crippen LogP contribution in [0.25, 0.3) is 22.2 Å². The van der Waals surface area contributed by atoms with Crippen molar-refractivity contribution in [3.8, 4) is 17.0 Å². The Balaban J connectivity index is 1.84. The number of ether oxygens (including phenoxy) is 2. The van der Waals surface area contributed by atoms with Crippen LogP contribution in [0.4, 0.5) is 0 Å². The van der Waals surface area contributed by atoms with Crippen LogP contribution in [0.5, 0.6) is 5.75 Å². The van der Waals surface area contributed by atoms with Gasteiger partial charge in [0.25, 0.3) is 0 Å². The van der Waals surface area contributed by atoms with Gasteiger partial charge in [0.2, 0.25) is 0 Å². The Bertz CT molecular complexity index is 1200. The van der Waals surface area contributed by atoms with Crippen molar-refractivity contribution >= 4 is 16.9 Å². The van der Waals surface area contributed by atoms with E-state index < -0.39 is 5.60 Å². The van der Waals surface area contributed by atoms with Crippen LogP contribution >= 0.6 is 0 Å². The van der Waals surface area contributed by atoms with Crippen molar-refractivity contribution < 1.29 is 19.4 Å². The van der Waals surface area contributed by atoms with Crippen molar-refractivity contribution in [1.82, 2.24) is 4.57 Å². The highest BCUT2D eigenvalue weighted by atomic mass is 16.5. The maximum Gasteiger partial charge on any atom is 0.337 e. The summed E-state index contributed by atoms with van der Waals surface area (Å²) in [7, 11) is 1.40. The molecule has 2 aromatic carbocycles. The second kappa shape index (κ2) is 8.71. The highest BCUT2D eigenvalue weighted by Crippen LogP contribution is 2.47. The predicted octanol–water partition coefficient (Wildman–Crippen LogP) is 5.84. The van der Waals surface area contributed by atoms with E-state index in [1.807, 2.05) is 30.3 Å². The standard InChI is InChI=1S/C28H31NO4/c1-3-15-28(31)17-29-23-16-20(27(30)32-2)13-14-21(23)25(19-9-5-4-6-10-19)26(29)22-11-7-8-12-24(22)33-18-28/h3,7-8,11-14,16,19,31H,1,4-6,9-10,15,17-18H2,2H3. The zero-order valence-electron chi connectivity index (χ0n) is 19.2. The van der Waals surface area contributed by atoms with E-state index in [1.54, 1.807) is 6.08 Å². The third-order valence-electron chi connectivity index (χ3n) is 7.15. The number of para-hydroxylation sites is 1. The molecule has 1 N–H and O–H groups in total. The lowest BCUT2D eigenvalue weighted by atomic mass is 9.81. The fourth-order valence-electron chi connectivity index (χ4n) is 5.61. The van der Waals surface area contributed by atoms with Crippen LogP contribution in [0.15, 0.2) is 55.1 Å². The summed E-state index contributed by atoms with van der Waals surface area (Å²) < 4.78 is 13.4. The normalized spacial score (nSPS) is 20.8. The fraction of sp³-hybridized carbons (Fsp3) is 0.393. The monoisotopic (exact) mass is 445 g/mol. The second-order valence-electron chi connectivity index (χ2n) is 9.41. The van der Waals surface area contributed by atoms with Gasteiger partial charge in [-0.1, -0.05) is 43.5 Å². The molecule has 33 heavy (non-hydrogen) atoms. The molecule has 5 heteroatoms. The zero-order valence-corrected chi connectivity index (χ0v) is 19.2. The summed E-state index contributed by atoms with van der Waals surface area (Å²) in [5, 5.41) is 12.7. The lowest BCUT2D eigenvalue weighted by Crippen LogP contribution is -2.41. The van der Waals surface area contributed by atoms with Crippen molar-refractivity contribution in [2.75, 3.05) is 13.7 Å². The summed E-state index contributed by atoms with van der Waals surface area (Å²) in [6.45, 7) is 4.39. The third kappa shape index (κ3) is 3.84. The van der Waals surface area contributed by atoms with Crippen LogP contribution in [0, 0.1) is 0 Å². The molecule has 1 aliphatic carbocycles. The average molecular weight is 446 g/mol. The Morgan fingerprint density at radius 1 is 1.24 bits per heavy atom. The molecule has 2 aliphatic rings. The van der Waals surface area contributed by atoms with Crippen molar-refractivity contribution in [3.63, 3.8) is 0 Å². The molecule has 0 radical (unpaired) electrons. The van der Waals surface area contributed by atoms with Crippen LogP contribution in [0.1, 0.15) is 60.4 Å². The molecule has 1 aliphatic heterocycles. The average Bonchev–Trinajstić information content (AvgIpc) is 3.14. The lowest BCUT2D eigenvalue weighted by Gasteiger charge is -2.32. The molecule has 1 aromatic heterocycles. The number of aromatic nitrogens is 1. The van der Waals surface area contributed by atoms with Crippen molar-refractivity contribution in [1.29, 1.82) is 0 Å². The molecule has 2 heterocycles. The van der Waals surface area contributed by atoms with Crippen LogP contribution in [0.2, 0.25) is 0 Å². The van der Waals surface area contributed by atoms with Crippen LogP contribution in [0.3, 0.4) is 0 Å². The van der Waals surface area contributed by atoms with E-state index in [4.69, 9.17) is 9.47 Å². The van der Waals surface area contributed by atoms with E-state index >= 15 is 0 Å². The molecular formula is C28H31NO4. The number of carbonyl (C=O) groups excluding carboxylic acids is 1. The van der Waals surface area contributed by atoms with E-state index in [0.717, 1.165) is 40.8 Å². The van der Waals surface area contributed by atoms with E-state index in [1.165, 1.54) is 31.9 Å². The van der Waals surface area contributed by atoms with Crippen molar-refractivity contribution in [3.05, 3.63) is 66.2 Å². The SMILES string of the molecule is C=CCC1(O)COc2ccccc2-c2c(C3CCCCC3)c3ccc(C(=O)OC)cc3n2C1. The Morgan fingerprint density at radius 3 is 2.79 bits per heavy atom. The van der Waals surface area contributed by atoms with Gasteiger partial charge in [-0.15, -0.1) is 6.58 Å². The van der Waals surface area contributed by atoms with Gasteiger partial charge in [0, 0.05) is 16.5 Å². The van der Waals surface area contributed by atoms with Gasteiger partial charge in [-0.25, -0.2) is 4.79 Å². The topological polar surface area (TPSA) is 60.7 Å². The van der Waals surface area contributed by atoms with Crippen LogP contribution in [-0.4, -0.2) is 35.0 Å². The lowest BCUT2D eigenvalue weighted by molar-refractivity contribution is -0.0167. The molecule has 0 amide bonds. The molecule has 1 atom stereocenters. The minimum Gasteiger partial charge on any atom is -0.490 e. The molecule has 3 aromatic rings. The molecular weight excluding hydrogens is 414 g/mol. The summed E-state index contributed by atoms with van der Waals surface area (Å²) in [6.07, 6.45) is 8.14. The number of carbonyl (C=O) groups is 1. The molecule has 5 nitrogen and oxygen atoms in total. The van der Waals surface area contributed by atoms with E-state index in [0.29, 0.717) is 24.4 Å². The third-order valence-corrected chi connectivity index (χ3v) is 7.15. The van der Waals surface area contributed by atoms with Crippen LogP contribution < -0.4 is 4.74 Å². The zero-order chi connectivity index (χ0) is 23.0. The maximum absolute atomic E-state index is 12.4. The van der Waals surface area contributed by atoms with Crippen LogP contribution in [-0.2, 0) is 11.3 Å². The Kier molecular flexibility index (Phi) is 5.75. The predicted molar refractivity (Wildman–Crippen MR) is 130 cm³/mol. The molecule has 1 fully saturated rings. The van der Waals surface area contributed by atoms with Crippen molar-refractivity contribution in [2.45, 2.75) is 56.6 Å². The summed E-state index contributed by atoms with van der Waals surface area (Å²) in [5.74, 6) is 0.845. The largest absolute Gasteiger partial charge is 0.490 e. The van der Waals surface area contributed by atoms with E-state index in [2.05, 4.69) is 23.3 Å². The maximum atomic E-state index is 12.4. The number of rotatable bonds is 4. The first-order chi connectivity index (χ1) is 16.0. The molecule has 0 bridgehead atoms. The minimum absolute atomic E-state index is 0.171. The molecule has 5 rings (SSSR count). The number of benzene rings is 2. The van der Waals surface area contributed by atoms with Gasteiger partial charge in [-0.05, 0) is 55.0 Å². The highest BCUT2D eigenvalue weighted by molar-refractivity contribution is 5.99. The Hall–Kier alpha value is -3.05. The van der Waals surface area contributed by atoms with Gasteiger partial charge in [-0.2, -0.15) is 0 Å². The van der Waals surface area contributed by atoms with E-state index in [-0.39, 0.29) is 12.6 Å². The highest BCUT2D eigenvalue weighted by Gasteiger charge is 2.35. The number of fused-ring (bicyclic) bond motifs is 5. The molecule has 1 unspecified atom stereocenters. The quantitative estimate of drug-likeness (QED) is 0.405. The van der Waals surface area contributed by atoms with Gasteiger partial charge in [0.05, 0.1) is 24.9 Å². The summed E-state index contributed by atoms with van der Waals surface area (Å²) in [5.41, 5.74) is 3.79. The first-order valence-electron chi connectivity index (χ1n) is 11.8. The molecule has 0 saturated heterocycles. The Morgan fingerprint density at radius 2 is 2.03 bits per heavy atom. The van der Waals surface area contributed by atoms with Gasteiger partial charge in [0.1, 0.15) is 18.0 Å². The number of nitrogens with zero attached hydrogens (tertiary/aromatic N) is 1. The molecule has 0 spiro atoms. The number of methoxy groups -OCH3 is 1. The summed E-state index contributed by atoms with van der Waals surface area (Å²) >= 11 is 0. The fourth-order valence-corrected chi connectivity index (χ4v) is 5.61.